The first-order chi connectivity index (χ1) is 9.69. The fraction of sp³-hybridized carbons (Fsp3) is 0.533. The fourth-order valence-electron chi connectivity index (χ4n) is 2.89. The first-order valence-corrected chi connectivity index (χ1v) is 7.89. The first-order valence-electron chi connectivity index (χ1n) is 7.09. The Hall–Kier alpha value is -1.07. The van der Waals surface area contributed by atoms with E-state index in [0.29, 0.717) is 12.5 Å². The van der Waals surface area contributed by atoms with Crippen molar-refractivity contribution < 1.29 is 9.90 Å². The minimum atomic E-state index is 0.0144. The lowest BCUT2D eigenvalue weighted by Crippen LogP contribution is -2.40. The van der Waals surface area contributed by atoms with Crippen molar-refractivity contribution in [3.05, 3.63) is 34.3 Å². The smallest absolute Gasteiger partial charge is 0.317 e. The Labute approximate surface area is 127 Å². The molecule has 3 rings (SSSR count). The summed E-state index contributed by atoms with van der Waals surface area (Å²) in [5.74, 6) is 0.671. The predicted molar refractivity (Wildman–Crippen MR) is 80.6 cm³/mol. The molecule has 108 valence electrons. The van der Waals surface area contributed by atoms with Crippen molar-refractivity contribution in [3.63, 3.8) is 0 Å². The van der Waals surface area contributed by atoms with E-state index >= 15 is 0 Å². The minimum Gasteiger partial charge on any atom is -0.396 e. The molecule has 0 aromatic heterocycles. The number of rotatable bonds is 3. The second-order valence-corrected chi connectivity index (χ2v) is 6.56. The third-order valence-electron chi connectivity index (χ3n) is 4.24. The Morgan fingerprint density at radius 3 is 2.95 bits per heavy atom. The van der Waals surface area contributed by atoms with Gasteiger partial charge in [-0.05, 0) is 24.5 Å². The van der Waals surface area contributed by atoms with Crippen molar-refractivity contribution in [2.75, 3.05) is 19.7 Å². The molecule has 1 heterocycles. The van der Waals surface area contributed by atoms with E-state index in [9.17, 15) is 4.79 Å². The molecule has 1 saturated carbocycles. The summed E-state index contributed by atoms with van der Waals surface area (Å²) in [7, 11) is 0. The number of aliphatic hydroxyl groups excluding tert-OH is 1. The van der Waals surface area contributed by atoms with Gasteiger partial charge in [0.2, 0.25) is 0 Å². The standard InChI is InChI=1S/C15H19BrN2O2/c16-13-4-2-1-3-11(13)12-7-14(12)17-15(20)18-6-5-10(8-18)9-19/h1-4,10,12,14,19H,5-9H2,(H,17,20). The summed E-state index contributed by atoms with van der Waals surface area (Å²) in [6.45, 7) is 1.60. The van der Waals surface area contributed by atoms with E-state index in [2.05, 4.69) is 27.3 Å². The van der Waals surface area contributed by atoms with Crippen LogP contribution in [0.3, 0.4) is 0 Å². The molecule has 0 bridgehead atoms. The molecule has 2 aliphatic rings. The summed E-state index contributed by atoms with van der Waals surface area (Å²) < 4.78 is 1.11. The molecule has 1 saturated heterocycles. The van der Waals surface area contributed by atoms with Gasteiger partial charge in [0.25, 0.3) is 0 Å². The third kappa shape index (κ3) is 2.83. The van der Waals surface area contributed by atoms with Gasteiger partial charge in [-0.25, -0.2) is 4.79 Å². The van der Waals surface area contributed by atoms with E-state index in [1.165, 1.54) is 5.56 Å². The van der Waals surface area contributed by atoms with Gasteiger partial charge in [0.1, 0.15) is 0 Å². The van der Waals surface area contributed by atoms with Crippen molar-refractivity contribution in [1.29, 1.82) is 0 Å². The van der Waals surface area contributed by atoms with Gasteiger partial charge in [0.05, 0.1) is 0 Å². The molecule has 4 nitrogen and oxygen atoms in total. The zero-order chi connectivity index (χ0) is 14.1. The molecule has 0 spiro atoms. The highest BCUT2D eigenvalue weighted by Crippen LogP contribution is 2.43. The molecule has 20 heavy (non-hydrogen) atoms. The van der Waals surface area contributed by atoms with Gasteiger partial charge in [-0.3, -0.25) is 0 Å². The zero-order valence-electron chi connectivity index (χ0n) is 11.3. The number of benzene rings is 1. The molecule has 2 N–H and O–H groups in total. The number of aliphatic hydroxyl groups is 1. The maximum Gasteiger partial charge on any atom is 0.317 e. The van der Waals surface area contributed by atoms with Crippen molar-refractivity contribution in [2.24, 2.45) is 5.92 Å². The van der Waals surface area contributed by atoms with Crippen LogP contribution in [0, 0.1) is 5.92 Å². The lowest BCUT2D eigenvalue weighted by Gasteiger charge is -2.17. The average molecular weight is 339 g/mol. The van der Waals surface area contributed by atoms with Crippen LogP contribution in [0.4, 0.5) is 4.79 Å². The highest BCUT2D eigenvalue weighted by atomic mass is 79.9. The van der Waals surface area contributed by atoms with Crippen LogP contribution in [0.5, 0.6) is 0 Å². The van der Waals surface area contributed by atoms with Crippen molar-refractivity contribution in [2.45, 2.75) is 24.8 Å². The summed E-state index contributed by atoms with van der Waals surface area (Å²) in [5.41, 5.74) is 1.27. The molecular weight excluding hydrogens is 320 g/mol. The molecule has 0 radical (unpaired) electrons. The van der Waals surface area contributed by atoms with Crippen LogP contribution >= 0.6 is 15.9 Å². The number of urea groups is 1. The van der Waals surface area contributed by atoms with E-state index in [1.807, 2.05) is 23.1 Å². The topological polar surface area (TPSA) is 52.6 Å². The monoisotopic (exact) mass is 338 g/mol. The third-order valence-corrected chi connectivity index (χ3v) is 4.96. The van der Waals surface area contributed by atoms with Gasteiger partial charge in [-0.15, -0.1) is 0 Å². The van der Waals surface area contributed by atoms with Crippen LogP contribution in [0.15, 0.2) is 28.7 Å². The van der Waals surface area contributed by atoms with Crippen LogP contribution in [0.2, 0.25) is 0 Å². The summed E-state index contributed by atoms with van der Waals surface area (Å²) >= 11 is 3.56. The van der Waals surface area contributed by atoms with Crippen LogP contribution in [0.25, 0.3) is 0 Å². The SMILES string of the molecule is O=C(NC1CC1c1ccccc1Br)N1CCC(CO)C1. The summed E-state index contributed by atoms with van der Waals surface area (Å²) in [6, 6.07) is 8.44. The van der Waals surface area contributed by atoms with E-state index in [-0.39, 0.29) is 24.6 Å². The van der Waals surface area contributed by atoms with Gasteiger partial charge in [0, 0.05) is 42.0 Å². The molecule has 1 aromatic rings. The Kier molecular flexibility index (Phi) is 3.98. The molecular formula is C15H19BrN2O2. The number of nitrogens with zero attached hydrogens (tertiary/aromatic N) is 1. The molecule has 2 amide bonds. The lowest BCUT2D eigenvalue weighted by molar-refractivity contribution is 0.198. The summed E-state index contributed by atoms with van der Waals surface area (Å²) in [4.78, 5) is 14.0. The van der Waals surface area contributed by atoms with Crippen molar-refractivity contribution in [1.82, 2.24) is 10.2 Å². The highest BCUT2D eigenvalue weighted by molar-refractivity contribution is 9.10. The molecule has 1 aromatic carbocycles. The number of carbonyl (C=O) groups is 1. The number of hydrogen-bond acceptors (Lipinski definition) is 2. The molecule has 3 atom stereocenters. The number of nitrogens with one attached hydrogen (secondary N) is 1. The van der Waals surface area contributed by atoms with Gasteiger partial charge in [-0.2, -0.15) is 0 Å². The number of hydrogen-bond donors (Lipinski definition) is 2. The Bertz CT molecular complexity index is 508. The Balaban J connectivity index is 1.54. The maximum absolute atomic E-state index is 12.1. The second-order valence-electron chi connectivity index (χ2n) is 5.70. The van der Waals surface area contributed by atoms with Gasteiger partial charge in [-0.1, -0.05) is 34.1 Å². The summed E-state index contributed by atoms with van der Waals surface area (Å²) in [5, 5.41) is 12.2. The zero-order valence-corrected chi connectivity index (χ0v) is 12.8. The normalized spacial score (nSPS) is 28.5. The number of likely N-dealkylation sites (tertiary alicyclic amines) is 1. The first kappa shape index (κ1) is 13.9. The van der Waals surface area contributed by atoms with Gasteiger partial charge in [0.15, 0.2) is 0 Å². The molecule has 1 aliphatic carbocycles. The van der Waals surface area contributed by atoms with Crippen LogP contribution in [-0.2, 0) is 0 Å². The highest BCUT2D eigenvalue weighted by Gasteiger charge is 2.41. The second kappa shape index (κ2) is 5.74. The average Bonchev–Trinajstić information content (AvgIpc) is 3.03. The van der Waals surface area contributed by atoms with Crippen molar-refractivity contribution in [3.8, 4) is 0 Å². The molecule has 1 aliphatic heterocycles. The van der Waals surface area contributed by atoms with E-state index in [1.54, 1.807) is 0 Å². The summed E-state index contributed by atoms with van der Waals surface area (Å²) in [6.07, 6.45) is 1.91. The largest absolute Gasteiger partial charge is 0.396 e. The maximum atomic E-state index is 12.1. The number of carbonyl (C=O) groups excluding carboxylic acids is 1. The van der Waals surface area contributed by atoms with Crippen LogP contribution in [0.1, 0.15) is 24.3 Å². The predicted octanol–water partition coefficient (Wildman–Crippen LogP) is 2.33. The molecule has 2 fully saturated rings. The van der Waals surface area contributed by atoms with Crippen LogP contribution < -0.4 is 5.32 Å². The van der Waals surface area contributed by atoms with Gasteiger partial charge < -0.3 is 15.3 Å². The quantitative estimate of drug-likeness (QED) is 0.888. The van der Waals surface area contributed by atoms with Crippen LogP contribution in [-0.4, -0.2) is 41.8 Å². The van der Waals surface area contributed by atoms with E-state index < -0.39 is 0 Å². The Morgan fingerprint density at radius 2 is 2.25 bits per heavy atom. The van der Waals surface area contributed by atoms with Gasteiger partial charge >= 0.3 is 6.03 Å². The van der Waals surface area contributed by atoms with E-state index in [0.717, 1.165) is 23.9 Å². The van der Waals surface area contributed by atoms with E-state index in [4.69, 9.17) is 5.11 Å². The number of halogens is 1. The Morgan fingerprint density at radius 1 is 1.45 bits per heavy atom. The van der Waals surface area contributed by atoms with Crippen molar-refractivity contribution >= 4 is 22.0 Å². The molecule has 5 heteroatoms. The fourth-order valence-corrected chi connectivity index (χ4v) is 3.47. The molecule has 3 unspecified atom stereocenters. The lowest BCUT2D eigenvalue weighted by atomic mass is 10.1. The number of amides is 2. The minimum absolute atomic E-state index is 0.0144.